The van der Waals surface area contributed by atoms with Gasteiger partial charge in [0.25, 0.3) is 5.91 Å². The Labute approximate surface area is 139 Å². The zero-order valence-corrected chi connectivity index (χ0v) is 12.8. The third kappa shape index (κ3) is 4.32. The Bertz CT molecular complexity index is 819. The van der Waals surface area contributed by atoms with Crippen LogP contribution >= 0.6 is 0 Å². The molecule has 0 bridgehead atoms. The van der Waals surface area contributed by atoms with Crippen LogP contribution in [-0.4, -0.2) is 27.1 Å². The molecule has 132 valence electrons. The van der Waals surface area contributed by atoms with E-state index in [1.165, 1.54) is 25.1 Å². The van der Waals surface area contributed by atoms with Crippen LogP contribution in [0.15, 0.2) is 36.4 Å². The number of hydrogen-bond donors (Lipinski definition) is 3. The lowest BCUT2D eigenvalue weighted by Crippen LogP contribution is -2.19. The van der Waals surface area contributed by atoms with Crippen molar-refractivity contribution in [3.05, 3.63) is 58.8 Å². The summed E-state index contributed by atoms with van der Waals surface area (Å²) in [6.07, 6.45) is -5.62. The summed E-state index contributed by atoms with van der Waals surface area (Å²) in [5.41, 5.74) is -2.12. The minimum Gasteiger partial charge on any atom is -0.478 e. The number of amides is 1. The van der Waals surface area contributed by atoms with E-state index in [-0.39, 0.29) is 11.5 Å². The summed E-state index contributed by atoms with van der Waals surface area (Å²) in [5, 5.41) is 20.9. The average molecular weight is 354 g/mol. The molecular weight excluding hydrogens is 341 g/mol. The molecule has 6 nitrogen and oxygen atoms in total. The van der Waals surface area contributed by atoms with Crippen LogP contribution in [0.2, 0.25) is 0 Å². The maximum absolute atomic E-state index is 12.7. The van der Waals surface area contributed by atoms with Crippen molar-refractivity contribution in [2.75, 3.05) is 5.32 Å². The Hall–Kier alpha value is -2.94. The Morgan fingerprint density at radius 1 is 1.16 bits per heavy atom. The molecule has 0 unspecified atom stereocenters. The summed E-state index contributed by atoms with van der Waals surface area (Å²) in [7, 11) is 0. The first-order valence-corrected chi connectivity index (χ1v) is 7.00. The Kier molecular flexibility index (Phi) is 5.07. The van der Waals surface area contributed by atoms with Gasteiger partial charge in [0.05, 0.1) is 28.5 Å². The molecule has 1 aromatic carbocycles. The maximum Gasteiger partial charge on any atom is 0.416 e. The van der Waals surface area contributed by atoms with Gasteiger partial charge < -0.3 is 15.5 Å². The molecule has 0 radical (unpaired) electrons. The number of carbonyl (C=O) groups is 2. The molecule has 2 rings (SSSR count). The number of alkyl halides is 3. The Morgan fingerprint density at radius 2 is 1.84 bits per heavy atom. The highest BCUT2D eigenvalue weighted by molar-refractivity contribution is 6.10. The normalized spacial score (nSPS) is 12.5. The molecule has 0 aliphatic rings. The number of halogens is 3. The van der Waals surface area contributed by atoms with Crippen LogP contribution in [0.1, 0.15) is 45.0 Å². The fourth-order valence-electron chi connectivity index (χ4n) is 2.03. The molecule has 0 saturated heterocycles. The van der Waals surface area contributed by atoms with E-state index in [1.807, 2.05) is 0 Å². The molecule has 0 saturated carbocycles. The molecule has 0 fully saturated rings. The molecule has 1 heterocycles. The van der Waals surface area contributed by atoms with Gasteiger partial charge in [0, 0.05) is 0 Å². The number of aromatic nitrogens is 1. The third-order valence-corrected chi connectivity index (χ3v) is 3.26. The highest BCUT2D eigenvalue weighted by Gasteiger charge is 2.32. The monoisotopic (exact) mass is 354 g/mol. The Morgan fingerprint density at radius 3 is 2.40 bits per heavy atom. The minimum absolute atomic E-state index is 0.0274. The molecule has 0 aliphatic heterocycles. The van der Waals surface area contributed by atoms with E-state index in [4.69, 9.17) is 5.11 Å². The first-order valence-electron chi connectivity index (χ1n) is 7.00. The second-order valence-electron chi connectivity index (χ2n) is 5.14. The molecular formula is C16H13F3N2O4. The van der Waals surface area contributed by atoms with Crippen LogP contribution in [0.4, 0.5) is 19.0 Å². The van der Waals surface area contributed by atoms with Crippen molar-refractivity contribution >= 4 is 17.7 Å². The number of benzene rings is 1. The van der Waals surface area contributed by atoms with Gasteiger partial charge in [0.15, 0.2) is 0 Å². The zero-order chi connectivity index (χ0) is 18.8. The summed E-state index contributed by atoms with van der Waals surface area (Å²) < 4.78 is 38.1. The molecule has 2 aromatic rings. The first-order chi connectivity index (χ1) is 11.6. The Balaban J connectivity index is 2.36. The van der Waals surface area contributed by atoms with Gasteiger partial charge in [-0.1, -0.05) is 6.07 Å². The van der Waals surface area contributed by atoms with Crippen LogP contribution in [0.3, 0.4) is 0 Å². The molecule has 1 aromatic heterocycles. The van der Waals surface area contributed by atoms with Crippen LogP contribution in [0.5, 0.6) is 0 Å². The van der Waals surface area contributed by atoms with Crippen molar-refractivity contribution < 1.29 is 33.0 Å². The number of nitrogens with one attached hydrogen (secondary N) is 1. The van der Waals surface area contributed by atoms with E-state index >= 15 is 0 Å². The SMILES string of the molecule is C[C@@H](O)c1cccc(NC(=O)c2ccc(C(F)(F)F)cc2C(=O)O)n1. The largest absolute Gasteiger partial charge is 0.478 e. The van der Waals surface area contributed by atoms with Gasteiger partial charge in [-0.3, -0.25) is 4.79 Å². The fourth-order valence-corrected chi connectivity index (χ4v) is 2.03. The van der Waals surface area contributed by atoms with Crippen molar-refractivity contribution in [2.45, 2.75) is 19.2 Å². The van der Waals surface area contributed by atoms with E-state index in [0.717, 1.165) is 6.07 Å². The molecule has 9 heteroatoms. The van der Waals surface area contributed by atoms with Gasteiger partial charge in [-0.25, -0.2) is 9.78 Å². The lowest BCUT2D eigenvalue weighted by atomic mass is 10.0. The van der Waals surface area contributed by atoms with Crippen molar-refractivity contribution in [1.29, 1.82) is 0 Å². The summed E-state index contributed by atoms with van der Waals surface area (Å²) in [6, 6.07) is 6.24. The number of aliphatic hydroxyl groups excluding tert-OH is 1. The molecule has 1 amide bonds. The summed E-state index contributed by atoms with van der Waals surface area (Å²) in [6.45, 7) is 1.46. The van der Waals surface area contributed by atoms with Crippen LogP contribution in [0.25, 0.3) is 0 Å². The van der Waals surface area contributed by atoms with Crippen molar-refractivity contribution in [3.63, 3.8) is 0 Å². The number of pyridine rings is 1. The van der Waals surface area contributed by atoms with Crippen LogP contribution in [0, 0.1) is 0 Å². The second-order valence-corrected chi connectivity index (χ2v) is 5.14. The van der Waals surface area contributed by atoms with E-state index in [1.54, 1.807) is 0 Å². The fraction of sp³-hybridized carbons (Fsp3) is 0.188. The number of rotatable bonds is 4. The number of aromatic carboxylic acids is 1. The molecule has 3 N–H and O–H groups in total. The third-order valence-electron chi connectivity index (χ3n) is 3.26. The molecule has 1 atom stereocenters. The van der Waals surface area contributed by atoms with Crippen LogP contribution in [-0.2, 0) is 6.18 Å². The highest BCUT2D eigenvalue weighted by Crippen LogP contribution is 2.30. The van der Waals surface area contributed by atoms with Gasteiger partial charge in [-0.2, -0.15) is 13.2 Å². The number of nitrogens with zero attached hydrogens (tertiary/aromatic N) is 1. The van der Waals surface area contributed by atoms with Gasteiger partial charge in [-0.15, -0.1) is 0 Å². The van der Waals surface area contributed by atoms with Crippen LogP contribution < -0.4 is 5.32 Å². The summed E-state index contributed by atoms with van der Waals surface area (Å²) in [4.78, 5) is 27.4. The standard InChI is InChI=1S/C16H13F3N2O4/c1-8(22)12-3-2-4-13(20-12)21-14(23)10-6-5-9(16(17,18)19)7-11(10)15(24)25/h2-8,22H,1H3,(H,24,25)(H,20,21,23)/t8-/m1/s1. The van der Waals surface area contributed by atoms with Gasteiger partial charge in [-0.05, 0) is 37.3 Å². The van der Waals surface area contributed by atoms with E-state index in [9.17, 15) is 27.9 Å². The highest BCUT2D eigenvalue weighted by atomic mass is 19.4. The number of carboxylic acids is 1. The van der Waals surface area contributed by atoms with Gasteiger partial charge >= 0.3 is 12.1 Å². The zero-order valence-electron chi connectivity index (χ0n) is 12.8. The van der Waals surface area contributed by atoms with Crippen molar-refractivity contribution in [1.82, 2.24) is 4.98 Å². The molecule has 25 heavy (non-hydrogen) atoms. The van der Waals surface area contributed by atoms with E-state index in [2.05, 4.69) is 10.3 Å². The second kappa shape index (κ2) is 6.89. The predicted molar refractivity (Wildman–Crippen MR) is 81.2 cm³/mol. The van der Waals surface area contributed by atoms with Crippen molar-refractivity contribution in [2.24, 2.45) is 0 Å². The lowest BCUT2D eigenvalue weighted by Gasteiger charge is -2.12. The van der Waals surface area contributed by atoms with Gasteiger partial charge in [0.1, 0.15) is 5.82 Å². The van der Waals surface area contributed by atoms with E-state index < -0.39 is 40.8 Å². The topological polar surface area (TPSA) is 99.5 Å². The average Bonchev–Trinajstić information content (AvgIpc) is 2.53. The lowest BCUT2D eigenvalue weighted by molar-refractivity contribution is -0.137. The first kappa shape index (κ1) is 18.4. The minimum atomic E-state index is -4.73. The number of aliphatic hydroxyl groups is 1. The number of carbonyl (C=O) groups excluding carboxylic acids is 1. The quantitative estimate of drug-likeness (QED) is 0.783. The maximum atomic E-state index is 12.7. The van der Waals surface area contributed by atoms with Crippen molar-refractivity contribution in [3.8, 4) is 0 Å². The smallest absolute Gasteiger partial charge is 0.416 e. The molecule has 0 spiro atoms. The van der Waals surface area contributed by atoms with Gasteiger partial charge in [0.2, 0.25) is 0 Å². The van der Waals surface area contributed by atoms with E-state index in [0.29, 0.717) is 12.1 Å². The molecule has 0 aliphatic carbocycles. The number of anilines is 1. The summed E-state index contributed by atoms with van der Waals surface area (Å²) in [5.74, 6) is -2.57. The number of hydrogen-bond acceptors (Lipinski definition) is 4. The predicted octanol–water partition coefficient (Wildman–Crippen LogP) is 3.10. The summed E-state index contributed by atoms with van der Waals surface area (Å²) >= 11 is 0. The number of carboxylic acid groups (broad SMARTS) is 1.